The molecule has 3 aromatic carbocycles. The Morgan fingerprint density at radius 1 is 0.930 bits per heavy atom. The third-order valence-corrected chi connectivity index (χ3v) is 6.29. The van der Waals surface area contributed by atoms with Gasteiger partial charge in [0, 0.05) is 11.8 Å². The van der Waals surface area contributed by atoms with Gasteiger partial charge in [0.15, 0.2) is 17.8 Å². The molecule has 0 heterocycles. The van der Waals surface area contributed by atoms with E-state index in [1.807, 2.05) is 0 Å². The fraction of sp³-hybridized carbons (Fsp3) is 0.355. The maximum Gasteiger partial charge on any atom is 0.416 e. The Bertz CT molecular complexity index is 1530. The largest absolute Gasteiger partial charge is 0.468 e. The first-order chi connectivity index (χ1) is 20.0. The highest BCUT2D eigenvalue weighted by Gasteiger charge is 2.40. The molecule has 7 nitrogen and oxygen atoms in total. The van der Waals surface area contributed by atoms with Gasteiger partial charge in [-0.3, -0.25) is 10.1 Å². The van der Waals surface area contributed by atoms with Crippen LogP contribution in [-0.2, 0) is 10.9 Å². The molecule has 12 heteroatoms. The molecule has 1 fully saturated rings. The summed E-state index contributed by atoms with van der Waals surface area (Å²) >= 11 is 0. The van der Waals surface area contributed by atoms with Crippen molar-refractivity contribution in [3.05, 3.63) is 82.4 Å². The minimum atomic E-state index is -4.74. The molecule has 0 aromatic heterocycles. The van der Waals surface area contributed by atoms with Gasteiger partial charge in [-0.05, 0) is 107 Å². The second kappa shape index (κ2) is 12.1. The van der Waals surface area contributed by atoms with Crippen molar-refractivity contribution in [3.63, 3.8) is 0 Å². The fourth-order valence-corrected chi connectivity index (χ4v) is 4.25. The van der Waals surface area contributed by atoms with Crippen LogP contribution >= 0.6 is 0 Å². The molecule has 1 aliphatic carbocycles. The predicted molar refractivity (Wildman–Crippen MR) is 148 cm³/mol. The Hall–Kier alpha value is -4.35. The van der Waals surface area contributed by atoms with Gasteiger partial charge in [-0.25, -0.2) is 13.6 Å². The Balaban J connectivity index is 1.59. The van der Waals surface area contributed by atoms with Crippen molar-refractivity contribution in [2.24, 2.45) is 0 Å². The van der Waals surface area contributed by atoms with Crippen LogP contribution in [0.25, 0.3) is 0 Å². The predicted octanol–water partition coefficient (Wildman–Crippen LogP) is 8.46. The van der Waals surface area contributed by atoms with Crippen molar-refractivity contribution in [1.82, 2.24) is 5.32 Å². The SMILES string of the molecule is Cc1cc(F)ccc1Oc1cc(C2CC2)c(C(F)(F)F)cc1C(=O)Nc1ccc(OC(C)NC(=O)OC(C)(C)C)c(F)c1. The molecule has 0 spiro atoms. The van der Waals surface area contributed by atoms with Crippen LogP contribution in [0.2, 0.25) is 0 Å². The number of amides is 2. The Morgan fingerprint density at radius 3 is 2.19 bits per heavy atom. The Kier molecular flexibility index (Phi) is 8.89. The fourth-order valence-electron chi connectivity index (χ4n) is 4.25. The first-order valence-corrected chi connectivity index (χ1v) is 13.5. The first-order valence-electron chi connectivity index (χ1n) is 13.5. The molecule has 230 valence electrons. The van der Waals surface area contributed by atoms with E-state index >= 15 is 0 Å². The van der Waals surface area contributed by atoms with Gasteiger partial charge in [0.25, 0.3) is 5.91 Å². The van der Waals surface area contributed by atoms with E-state index in [4.69, 9.17) is 14.2 Å². The molecule has 0 aliphatic heterocycles. The monoisotopic (exact) mass is 606 g/mol. The first kappa shape index (κ1) is 31.6. The second-order valence-electron chi connectivity index (χ2n) is 11.2. The molecule has 0 bridgehead atoms. The van der Waals surface area contributed by atoms with Gasteiger partial charge in [0.05, 0.1) is 11.1 Å². The van der Waals surface area contributed by atoms with Crippen LogP contribution in [0.15, 0.2) is 48.5 Å². The van der Waals surface area contributed by atoms with Gasteiger partial charge in [-0.1, -0.05) is 0 Å². The van der Waals surface area contributed by atoms with E-state index in [-0.39, 0.29) is 34.4 Å². The minimum absolute atomic E-state index is 0.000437. The Labute approximate surface area is 245 Å². The lowest BCUT2D eigenvalue weighted by Gasteiger charge is -2.22. The lowest BCUT2D eigenvalue weighted by molar-refractivity contribution is -0.138. The molecule has 2 N–H and O–H groups in total. The van der Waals surface area contributed by atoms with E-state index < -0.39 is 52.8 Å². The molecule has 0 saturated heterocycles. The number of aryl methyl sites for hydroxylation is 1. The number of anilines is 1. The maximum atomic E-state index is 14.9. The average molecular weight is 607 g/mol. The summed E-state index contributed by atoms with van der Waals surface area (Å²) in [5.41, 5.74) is -1.88. The zero-order valence-corrected chi connectivity index (χ0v) is 24.1. The summed E-state index contributed by atoms with van der Waals surface area (Å²) in [6.45, 7) is 8.03. The normalized spacial score (nSPS) is 14.1. The third-order valence-electron chi connectivity index (χ3n) is 6.29. The molecule has 3 aromatic rings. The molecule has 1 atom stereocenters. The summed E-state index contributed by atoms with van der Waals surface area (Å²) in [5.74, 6) is -3.03. The van der Waals surface area contributed by atoms with Gasteiger partial charge in [-0.15, -0.1) is 0 Å². The number of halogens is 5. The summed E-state index contributed by atoms with van der Waals surface area (Å²) in [5, 5.41) is 4.80. The number of carbonyl (C=O) groups excluding carboxylic acids is 2. The molecular weight excluding hydrogens is 575 g/mol. The van der Waals surface area contributed by atoms with Crippen molar-refractivity contribution in [3.8, 4) is 17.2 Å². The number of nitrogens with one attached hydrogen (secondary N) is 2. The molecule has 43 heavy (non-hydrogen) atoms. The third kappa shape index (κ3) is 8.36. The molecule has 4 rings (SSSR count). The van der Waals surface area contributed by atoms with Crippen LogP contribution < -0.4 is 20.1 Å². The van der Waals surface area contributed by atoms with Gasteiger partial charge in [-0.2, -0.15) is 13.2 Å². The zero-order valence-electron chi connectivity index (χ0n) is 24.1. The molecule has 1 aliphatic rings. The van der Waals surface area contributed by atoms with E-state index in [1.54, 1.807) is 27.7 Å². The van der Waals surface area contributed by atoms with E-state index in [0.717, 1.165) is 18.2 Å². The summed E-state index contributed by atoms with van der Waals surface area (Å²) in [6, 6.07) is 8.93. The van der Waals surface area contributed by atoms with Crippen molar-refractivity contribution in [2.75, 3.05) is 5.32 Å². The molecular formula is C31H31F5N2O5. The maximum absolute atomic E-state index is 14.9. The molecule has 1 saturated carbocycles. The van der Waals surface area contributed by atoms with Gasteiger partial charge >= 0.3 is 12.3 Å². The van der Waals surface area contributed by atoms with E-state index in [9.17, 15) is 31.5 Å². The van der Waals surface area contributed by atoms with Crippen molar-refractivity contribution in [1.29, 1.82) is 0 Å². The second-order valence-corrected chi connectivity index (χ2v) is 11.2. The number of alkyl halides is 3. The van der Waals surface area contributed by atoms with Crippen LogP contribution in [0.3, 0.4) is 0 Å². The van der Waals surface area contributed by atoms with Crippen LogP contribution in [-0.4, -0.2) is 23.8 Å². The van der Waals surface area contributed by atoms with E-state index in [1.165, 1.54) is 37.3 Å². The summed E-state index contributed by atoms with van der Waals surface area (Å²) in [7, 11) is 0. The highest BCUT2D eigenvalue weighted by molar-refractivity contribution is 6.06. The van der Waals surface area contributed by atoms with Gasteiger partial charge in [0.2, 0.25) is 0 Å². The number of ether oxygens (including phenoxy) is 3. The highest BCUT2D eigenvalue weighted by atomic mass is 19.4. The standard InChI is InChI=1S/C31H31F5N2O5/c1-16-12-19(32)8-10-25(16)42-27-15-21(18-6-7-18)23(31(34,35)36)14-22(27)28(39)38-20-9-11-26(24(33)13-20)41-17(2)37-29(40)43-30(3,4)5/h8-15,17-18H,6-7H2,1-5H3,(H,37,40)(H,38,39). The van der Waals surface area contributed by atoms with Gasteiger partial charge < -0.3 is 19.5 Å². The van der Waals surface area contributed by atoms with Crippen molar-refractivity contribution >= 4 is 17.7 Å². The van der Waals surface area contributed by atoms with Gasteiger partial charge in [0.1, 0.15) is 22.9 Å². The number of hydrogen-bond acceptors (Lipinski definition) is 5. The number of carbonyl (C=O) groups is 2. The number of alkyl carbamates (subject to hydrolysis) is 1. The van der Waals surface area contributed by atoms with Crippen molar-refractivity contribution < 1.29 is 45.8 Å². The van der Waals surface area contributed by atoms with Crippen molar-refractivity contribution in [2.45, 2.75) is 71.4 Å². The van der Waals surface area contributed by atoms with Crippen LogP contribution in [0.1, 0.15) is 73.5 Å². The average Bonchev–Trinajstić information content (AvgIpc) is 3.71. The zero-order chi connectivity index (χ0) is 31.7. The number of hydrogen-bond donors (Lipinski definition) is 2. The minimum Gasteiger partial charge on any atom is -0.468 e. The Morgan fingerprint density at radius 2 is 1.60 bits per heavy atom. The van der Waals surface area contributed by atoms with E-state index in [0.29, 0.717) is 18.4 Å². The lowest BCUT2D eigenvalue weighted by atomic mass is 9.98. The molecule has 2 amide bonds. The van der Waals surface area contributed by atoms with Crippen LogP contribution in [0.5, 0.6) is 17.2 Å². The highest BCUT2D eigenvalue weighted by Crippen LogP contribution is 2.48. The molecule has 1 unspecified atom stereocenters. The van der Waals surface area contributed by atoms with Crippen LogP contribution in [0, 0.1) is 18.6 Å². The summed E-state index contributed by atoms with van der Waals surface area (Å²) in [4.78, 5) is 25.2. The van der Waals surface area contributed by atoms with Crippen LogP contribution in [0.4, 0.5) is 32.4 Å². The summed E-state index contributed by atoms with van der Waals surface area (Å²) < 4.78 is 87.0. The van der Waals surface area contributed by atoms with E-state index in [2.05, 4.69) is 10.6 Å². The topological polar surface area (TPSA) is 85.9 Å². The molecule has 0 radical (unpaired) electrons. The number of rotatable bonds is 8. The number of benzene rings is 3. The lowest BCUT2D eigenvalue weighted by Crippen LogP contribution is -2.40. The smallest absolute Gasteiger partial charge is 0.416 e. The summed E-state index contributed by atoms with van der Waals surface area (Å²) in [6.07, 6.45) is -5.38. The quantitative estimate of drug-likeness (QED) is 0.199.